The molecule has 1 unspecified atom stereocenters. The van der Waals surface area contributed by atoms with Crippen molar-refractivity contribution in [2.75, 3.05) is 25.1 Å². The molecule has 1 nitrogen and oxygen atoms in total. The van der Waals surface area contributed by atoms with Gasteiger partial charge < -0.3 is 5.32 Å². The molecule has 0 aliphatic carbocycles. The third kappa shape index (κ3) is 9.25. The monoisotopic (exact) mass is 231 g/mol. The zero-order valence-electron chi connectivity index (χ0n) is 11.2. The van der Waals surface area contributed by atoms with Gasteiger partial charge >= 0.3 is 0 Å². The second-order valence-electron chi connectivity index (χ2n) is 5.19. The third-order valence-electron chi connectivity index (χ3n) is 2.83. The summed E-state index contributed by atoms with van der Waals surface area (Å²) in [5, 5.41) is 3.59. The van der Waals surface area contributed by atoms with Gasteiger partial charge in [-0.25, -0.2) is 0 Å². The van der Waals surface area contributed by atoms with Gasteiger partial charge in [-0.3, -0.25) is 0 Å². The zero-order chi connectivity index (χ0) is 11.7. The van der Waals surface area contributed by atoms with Gasteiger partial charge in [-0.15, -0.1) is 0 Å². The van der Waals surface area contributed by atoms with Crippen molar-refractivity contribution in [1.29, 1.82) is 0 Å². The first-order valence-electron chi connectivity index (χ1n) is 6.27. The molecule has 0 rings (SSSR count). The summed E-state index contributed by atoms with van der Waals surface area (Å²) in [6, 6.07) is 0. The Labute approximate surface area is 101 Å². The summed E-state index contributed by atoms with van der Waals surface area (Å²) in [4.78, 5) is 0. The van der Waals surface area contributed by atoms with Gasteiger partial charge in [0.15, 0.2) is 0 Å². The molecule has 0 aromatic carbocycles. The van der Waals surface area contributed by atoms with Crippen LogP contribution in [0.2, 0.25) is 0 Å². The quantitative estimate of drug-likeness (QED) is 0.608. The molecular weight excluding hydrogens is 202 g/mol. The first kappa shape index (κ1) is 15.3. The lowest BCUT2D eigenvalue weighted by Gasteiger charge is -2.21. The predicted molar refractivity (Wildman–Crippen MR) is 73.7 cm³/mol. The van der Waals surface area contributed by atoms with Crippen LogP contribution in [-0.4, -0.2) is 25.1 Å². The van der Waals surface area contributed by atoms with Crippen molar-refractivity contribution >= 4 is 11.8 Å². The Balaban J connectivity index is 3.64. The molecular formula is C13H29NS. The Kier molecular flexibility index (Phi) is 9.73. The average molecular weight is 231 g/mol. The first-order valence-corrected chi connectivity index (χ1v) is 7.67. The van der Waals surface area contributed by atoms with Crippen molar-refractivity contribution in [3.63, 3.8) is 0 Å². The lowest BCUT2D eigenvalue weighted by Crippen LogP contribution is -2.29. The highest BCUT2D eigenvalue weighted by Gasteiger charge is 2.12. The van der Waals surface area contributed by atoms with E-state index in [1.54, 1.807) is 0 Å². The maximum atomic E-state index is 3.59. The molecule has 1 N–H and O–H groups in total. The lowest BCUT2D eigenvalue weighted by molar-refractivity contribution is 0.332. The van der Waals surface area contributed by atoms with Crippen molar-refractivity contribution in [3.05, 3.63) is 0 Å². The van der Waals surface area contributed by atoms with Crippen LogP contribution in [0.1, 0.15) is 40.5 Å². The maximum absolute atomic E-state index is 3.59. The van der Waals surface area contributed by atoms with E-state index < -0.39 is 0 Å². The summed E-state index contributed by atoms with van der Waals surface area (Å²) in [5.41, 5.74) is 0. The van der Waals surface area contributed by atoms with E-state index in [2.05, 4.69) is 39.3 Å². The number of rotatable bonds is 9. The average Bonchev–Trinajstić information content (AvgIpc) is 2.15. The lowest BCUT2D eigenvalue weighted by atomic mass is 9.91. The van der Waals surface area contributed by atoms with Crippen LogP contribution in [0, 0.1) is 17.8 Å². The minimum absolute atomic E-state index is 0.768. The third-order valence-corrected chi connectivity index (χ3v) is 3.52. The van der Waals surface area contributed by atoms with Gasteiger partial charge in [0.25, 0.3) is 0 Å². The van der Waals surface area contributed by atoms with E-state index in [9.17, 15) is 0 Å². The van der Waals surface area contributed by atoms with Crippen molar-refractivity contribution in [3.8, 4) is 0 Å². The largest absolute Gasteiger partial charge is 0.316 e. The fourth-order valence-electron chi connectivity index (χ4n) is 1.72. The van der Waals surface area contributed by atoms with Crippen LogP contribution in [0.15, 0.2) is 0 Å². The van der Waals surface area contributed by atoms with Crippen LogP contribution >= 0.6 is 11.8 Å². The summed E-state index contributed by atoms with van der Waals surface area (Å²) in [6.45, 7) is 11.6. The second kappa shape index (κ2) is 9.53. The van der Waals surface area contributed by atoms with Gasteiger partial charge in [0.1, 0.15) is 0 Å². The van der Waals surface area contributed by atoms with Crippen molar-refractivity contribution in [2.24, 2.45) is 17.8 Å². The molecule has 0 aliphatic heterocycles. The minimum Gasteiger partial charge on any atom is -0.316 e. The van der Waals surface area contributed by atoms with Gasteiger partial charge in [0.2, 0.25) is 0 Å². The van der Waals surface area contributed by atoms with E-state index in [1.165, 1.54) is 25.1 Å². The topological polar surface area (TPSA) is 12.0 Å². The van der Waals surface area contributed by atoms with E-state index in [-0.39, 0.29) is 0 Å². The number of hydrogen-bond donors (Lipinski definition) is 1. The molecule has 0 aromatic heterocycles. The van der Waals surface area contributed by atoms with Crippen LogP contribution in [0.3, 0.4) is 0 Å². The van der Waals surface area contributed by atoms with Crippen LogP contribution in [0.5, 0.6) is 0 Å². The van der Waals surface area contributed by atoms with Gasteiger partial charge in [0, 0.05) is 0 Å². The number of thioether (sulfide) groups is 1. The molecule has 0 saturated heterocycles. The fourth-order valence-corrected chi connectivity index (χ4v) is 2.17. The molecule has 0 heterocycles. The summed E-state index contributed by atoms with van der Waals surface area (Å²) in [7, 11) is 0. The second-order valence-corrected chi connectivity index (χ2v) is 6.18. The van der Waals surface area contributed by atoms with Crippen LogP contribution in [-0.2, 0) is 0 Å². The standard InChI is InChI=1S/C13H29NS/c1-11(2)9-14-10-13(12(3)4)7-6-8-15-5/h11-14H,6-10H2,1-5H3. The smallest absolute Gasteiger partial charge is 0.00180 e. The van der Waals surface area contributed by atoms with E-state index in [0.717, 1.165) is 24.3 Å². The highest BCUT2D eigenvalue weighted by molar-refractivity contribution is 7.98. The normalized spacial score (nSPS) is 13.8. The van der Waals surface area contributed by atoms with Crippen LogP contribution in [0.25, 0.3) is 0 Å². The zero-order valence-corrected chi connectivity index (χ0v) is 12.0. The SMILES string of the molecule is CSCCCC(CNCC(C)C)C(C)C. The van der Waals surface area contributed by atoms with Gasteiger partial charge in [-0.2, -0.15) is 11.8 Å². The Morgan fingerprint density at radius 1 is 1.07 bits per heavy atom. The summed E-state index contributed by atoms with van der Waals surface area (Å²) >= 11 is 1.96. The Morgan fingerprint density at radius 2 is 1.73 bits per heavy atom. The summed E-state index contributed by atoms with van der Waals surface area (Å²) < 4.78 is 0. The van der Waals surface area contributed by atoms with E-state index in [1.807, 2.05) is 11.8 Å². The first-order chi connectivity index (χ1) is 7.07. The molecule has 0 saturated carbocycles. The van der Waals surface area contributed by atoms with Gasteiger partial charge in [0.05, 0.1) is 0 Å². The maximum Gasteiger partial charge on any atom is -0.00180 e. The molecule has 0 radical (unpaired) electrons. The molecule has 15 heavy (non-hydrogen) atoms. The van der Waals surface area contributed by atoms with E-state index in [0.29, 0.717) is 0 Å². The fraction of sp³-hybridized carbons (Fsp3) is 1.00. The summed E-state index contributed by atoms with van der Waals surface area (Å²) in [5.74, 6) is 3.75. The molecule has 0 spiro atoms. The van der Waals surface area contributed by atoms with Gasteiger partial charge in [-0.05, 0) is 55.7 Å². The van der Waals surface area contributed by atoms with Crippen molar-refractivity contribution in [2.45, 2.75) is 40.5 Å². The van der Waals surface area contributed by atoms with E-state index in [4.69, 9.17) is 0 Å². The highest BCUT2D eigenvalue weighted by atomic mass is 32.2. The number of nitrogens with one attached hydrogen (secondary N) is 1. The molecule has 0 amide bonds. The Hall–Kier alpha value is 0.310. The molecule has 0 fully saturated rings. The number of hydrogen-bond acceptors (Lipinski definition) is 2. The Morgan fingerprint density at radius 3 is 2.20 bits per heavy atom. The van der Waals surface area contributed by atoms with E-state index >= 15 is 0 Å². The minimum atomic E-state index is 0.768. The molecule has 92 valence electrons. The molecule has 0 aliphatic rings. The molecule has 2 heteroatoms. The summed E-state index contributed by atoms with van der Waals surface area (Å²) in [6.07, 6.45) is 4.94. The molecule has 1 atom stereocenters. The Bertz CT molecular complexity index is 134. The van der Waals surface area contributed by atoms with Crippen molar-refractivity contribution in [1.82, 2.24) is 5.32 Å². The molecule has 0 bridgehead atoms. The molecule has 0 aromatic rings. The van der Waals surface area contributed by atoms with Gasteiger partial charge in [-0.1, -0.05) is 27.7 Å². The highest BCUT2D eigenvalue weighted by Crippen LogP contribution is 2.17. The van der Waals surface area contributed by atoms with Crippen molar-refractivity contribution < 1.29 is 0 Å². The predicted octanol–water partition coefficient (Wildman–Crippen LogP) is 3.65. The van der Waals surface area contributed by atoms with Crippen LogP contribution < -0.4 is 5.32 Å². The van der Waals surface area contributed by atoms with Crippen LogP contribution in [0.4, 0.5) is 0 Å².